The second-order valence-corrected chi connectivity index (χ2v) is 17.7. The van der Waals surface area contributed by atoms with Gasteiger partial charge in [-0.3, -0.25) is 63.9 Å². The monoisotopic (exact) mass is 820 g/mol. The average molecular weight is 821 g/mol. The van der Waals surface area contributed by atoms with Crippen molar-refractivity contribution in [1.29, 1.82) is 0 Å². The van der Waals surface area contributed by atoms with Crippen LogP contribution in [0.5, 0.6) is 0 Å². The van der Waals surface area contributed by atoms with Crippen molar-refractivity contribution in [2.45, 2.75) is 35.6 Å². The molecule has 20 nitrogen and oxygen atoms in total. The number of rotatable bonds is 20. The van der Waals surface area contributed by atoms with Crippen molar-refractivity contribution in [3.05, 3.63) is 71.8 Å². The van der Waals surface area contributed by atoms with Gasteiger partial charge in [0.25, 0.3) is 0 Å². The summed E-state index contributed by atoms with van der Waals surface area (Å²) in [7, 11) is -13.4. The summed E-state index contributed by atoms with van der Waals surface area (Å²) in [6.45, 7) is 0. The van der Waals surface area contributed by atoms with Crippen molar-refractivity contribution in [3.8, 4) is 0 Å². The highest BCUT2D eigenvalue weighted by atomic mass is 31.2. The molecule has 2 aromatic carbocycles. The maximum Gasteiger partial charge on any atom is 0.474 e. The van der Waals surface area contributed by atoms with Crippen LogP contribution < -0.4 is 0 Å². The van der Waals surface area contributed by atoms with Gasteiger partial charge in [-0.05, 0) is 0 Å². The van der Waals surface area contributed by atoms with Crippen LogP contribution in [0, 0.1) is 0 Å². The summed E-state index contributed by atoms with van der Waals surface area (Å²) in [4.78, 5) is 29.5. The number of ketones is 2. The zero-order chi connectivity index (χ0) is 39.2. The first-order valence-corrected chi connectivity index (χ1v) is 20.5. The van der Waals surface area contributed by atoms with Crippen LogP contribution >= 0.6 is 31.3 Å². The number of benzene rings is 2. The van der Waals surface area contributed by atoms with Crippen LogP contribution in [0.2, 0.25) is 0 Å². The van der Waals surface area contributed by atoms with E-state index in [0.717, 1.165) is 56.9 Å². The summed E-state index contributed by atoms with van der Waals surface area (Å²) in [5.74, 6) is -3.00. The molecule has 3 rings (SSSR count). The Hall–Kier alpha value is -1.86. The Balaban J connectivity index is 2.70. The molecule has 24 heteroatoms. The van der Waals surface area contributed by atoms with Crippen LogP contribution in [-0.2, 0) is 72.5 Å². The number of Topliss-reactive ketones (excluding diaryl/α,β-unsaturated/α-hetero) is 2. The molecule has 0 bridgehead atoms. The Morgan fingerprint density at radius 1 is 0.481 bits per heavy atom. The van der Waals surface area contributed by atoms with Crippen LogP contribution in [-0.4, -0.2) is 114 Å². The molecule has 0 spiro atoms. The number of phosphoric acid groups is 4. The lowest BCUT2D eigenvalue weighted by Crippen LogP contribution is -2.81. The third kappa shape index (κ3) is 8.82. The summed E-state index contributed by atoms with van der Waals surface area (Å²) in [5, 5.41) is 26.0. The summed E-state index contributed by atoms with van der Waals surface area (Å²) in [5.41, 5.74) is -8.20. The highest BCUT2D eigenvalue weighted by Gasteiger charge is 2.77. The Bertz CT molecular complexity index is 1600. The molecule has 0 saturated heterocycles. The molecule has 2 N–H and O–H groups in total. The third-order valence-corrected chi connectivity index (χ3v) is 13.3. The predicted molar refractivity (Wildman–Crippen MR) is 177 cm³/mol. The van der Waals surface area contributed by atoms with E-state index in [1.54, 1.807) is 0 Å². The van der Waals surface area contributed by atoms with Crippen molar-refractivity contribution in [2.75, 3.05) is 56.9 Å². The van der Waals surface area contributed by atoms with E-state index in [1.807, 2.05) is 0 Å². The normalized spacial score (nSPS) is 25.9. The standard InChI is InChI=1S/C28H40O20P4/c1-37-49(33,38-2)45-21-24(46-50(34,39-3)40-4)27(31,22(29)19-15-11-9-12-16-19)26(48-52(36,43-7)44-8)28(32,23(30)20-17-13-10-14-18-20)25(21)47-51(35,41-5)42-6/h9-18,21,24-26,31-32H,1-8H3/t21?,24-,25+,26?,27-,28-/m0/s1. The molecule has 0 radical (unpaired) electrons. The van der Waals surface area contributed by atoms with Crippen LogP contribution in [0.4, 0.5) is 0 Å². The van der Waals surface area contributed by atoms with E-state index < -0.39 is 89.6 Å². The Kier molecular flexibility index (Phi) is 15.2. The second kappa shape index (κ2) is 17.7. The van der Waals surface area contributed by atoms with E-state index in [2.05, 4.69) is 0 Å². The maximum absolute atomic E-state index is 14.8. The fourth-order valence-corrected chi connectivity index (χ4v) is 8.68. The summed E-state index contributed by atoms with van der Waals surface area (Å²) in [6.07, 6.45) is -11.1. The Morgan fingerprint density at radius 2 is 0.750 bits per heavy atom. The van der Waals surface area contributed by atoms with E-state index in [4.69, 9.17) is 54.3 Å². The minimum Gasteiger partial charge on any atom is -0.376 e. The fourth-order valence-electron chi connectivity index (χ4n) is 5.18. The van der Waals surface area contributed by atoms with Gasteiger partial charge in [-0.25, -0.2) is 18.3 Å². The lowest BCUT2D eigenvalue weighted by molar-refractivity contribution is -0.258. The minimum atomic E-state index is -5.07. The first-order chi connectivity index (χ1) is 24.4. The number of phosphoric ester groups is 4. The smallest absolute Gasteiger partial charge is 0.376 e. The SMILES string of the molecule is COP(=O)(OC)OC1[C@@H](OP(=O)(OC)OC)[C@@](O)(C(=O)c2ccccc2)C(OP(=O)(OC)OC)[C@](O)(C(=O)c2ccccc2)[C@H]1OP(=O)(OC)OC. The lowest BCUT2D eigenvalue weighted by Gasteiger charge is -2.56. The van der Waals surface area contributed by atoms with E-state index in [0.29, 0.717) is 0 Å². The molecule has 292 valence electrons. The van der Waals surface area contributed by atoms with E-state index in [-0.39, 0.29) is 0 Å². The molecule has 0 aromatic heterocycles. The second-order valence-electron chi connectivity index (χ2n) is 10.4. The van der Waals surface area contributed by atoms with Crippen molar-refractivity contribution < 1.29 is 92.3 Å². The number of hydrogen-bond acceptors (Lipinski definition) is 20. The van der Waals surface area contributed by atoms with E-state index >= 15 is 0 Å². The first kappa shape index (κ1) is 44.5. The number of carbonyl (C=O) groups excluding carboxylic acids is 2. The molecule has 0 amide bonds. The van der Waals surface area contributed by atoms with Crippen molar-refractivity contribution >= 4 is 42.9 Å². The van der Waals surface area contributed by atoms with Gasteiger partial charge in [0, 0.05) is 68.0 Å². The quantitative estimate of drug-likeness (QED) is 0.139. The van der Waals surface area contributed by atoms with Crippen LogP contribution in [0.3, 0.4) is 0 Å². The molecule has 0 heterocycles. The minimum absolute atomic E-state index is 0.393. The summed E-state index contributed by atoms with van der Waals surface area (Å²) >= 11 is 0. The molecular weight excluding hydrogens is 780 g/mol. The Morgan fingerprint density at radius 3 is 1.04 bits per heavy atom. The zero-order valence-corrected chi connectivity index (χ0v) is 32.7. The van der Waals surface area contributed by atoms with Crippen molar-refractivity contribution in [1.82, 2.24) is 0 Å². The third-order valence-electron chi connectivity index (χ3n) is 7.82. The number of aliphatic hydroxyl groups is 2. The van der Waals surface area contributed by atoms with Crippen molar-refractivity contribution in [3.63, 3.8) is 0 Å². The predicted octanol–water partition coefficient (Wildman–Crippen LogP) is 4.37. The molecule has 1 aliphatic carbocycles. The van der Waals surface area contributed by atoms with Gasteiger partial charge in [-0.2, -0.15) is 0 Å². The van der Waals surface area contributed by atoms with Gasteiger partial charge in [0.05, 0.1) is 0 Å². The topological polar surface area (TPSA) is 254 Å². The van der Waals surface area contributed by atoms with Gasteiger partial charge >= 0.3 is 31.3 Å². The number of carbonyl (C=O) groups is 2. The maximum atomic E-state index is 14.8. The van der Waals surface area contributed by atoms with Gasteiger partial charge in [0.15, 0.2) is 22.8 Å². The van der Waals surface area contributed by atoms with Gasteiger partial charge in [0.2, 0.25) is 0 Å². The first-order valence-electron chi connectivity index (χ1n) is 14.6. The zero-order valence-electron chi connectivity index (χ0n) is 29.1. The van der Waals surface area contributed by atoms with Crippen LogP contribution in [0.25, 0.3) is 0 Å². The molecule has 52 heavy (non-hydrogen) atoms. The molecule has 1 fully saturated rings. The van der Waals surface area contributed by atoms with Crippen LogP contribution in [0.1, 0.15) is 20.7 Å². The highest BCUT2D eigenvalue weighted by molar-refractivity contribution is 7.49. The fraction of sp³-hybridized carbons (Fsp3) is 0.500. The Labute approximate surface area is 299 Å². The molecule has 0 aliphatic heterocycles. The molecule has 2 aromatic rings. The van der Waals surface area contributed by atoms with Gasteiger partial charge in [0.1, 0.15) is 24.4 Å². The molecule has 1 aliphatic rings. The molecule has 2 unspecified atom stereocenters. The van der Waals surface area contributed by atoms with Gasteiger partial charge < -0.3 is 10.2 Å². The lowest BCUT2D eigenvalue weighted by atomic mass is 9.63. The largest absolute Gasteiger partial charge is 0.474 e. The molecular formula is C28H40O20P4. The van der Waals surface area contributed by atoms with Crippen LogP contribution in [0.15, 0.2) is 60.7 Å². The number of hydrogen-bond donors (Lipinski definition) is 2. The van der Waals surface area contributed by atoms with Gasteiger partial charge in [-0.15, -0.1) is 0 Å². The van der Waals surface area contributed by atoms with E-state index in [1.165, 1.54) is 60.7 Å². The average Bonchev–Trinajstić information content (AvgIpc) is 3.19. The highest BCUT2D eigenvalue weighted by Crippen LogP contribution is 2.63. The van der Waals surface area contributed by atoms with Crippen molar-refractivity contribution in [2.24, 2.45) is 0 Å². The molecule has 6 atom stereocenters. The molecule has 1 saturated carbocycles. The van der Waals surface area contributed by atoms with E-state index in [9.17, 15) is 38.1 Å². The summed E-state index contributed by atoms with van der Waals surface area (Å²) in [6, 6.07) is 13.1. The summed E-state index contributed by atoms with van der Waals surface area (Å²) < 4.78 is 117. The van der Waals surface area contributed by atoms with Gasteiger partial charge in [-0.1, -0.05) is 60.7 Å².